The Morgan fingerprint density at radius 3 is 2.52 bits per heavy atom. The molecule has 4 heteroatoms. The molecule has 0 aliphatic heterocycles. The molecule has 4 nitrogen and oxygen atoms in total. The topological polar surface area (TPSA) is 44.8 Å². The third-order valence-corrected chi connectivity index (χ3v) is 3.77. The average molecular weight is 312 g/mol. The number of benzene rings is 2. The van der Waals surface area contributed by atoms with Gasteiger partial charge in [-0.1, -0.05) is 30.3 Å². The second kappa shape index (κ2) is 7.18. The van der Waals surface area contributed by atoms with Gasteiger partial charge in [0.2, 0.25) is 0 Å². The van der Waals surface area contributed by atoms with Gasteiger partial charge >= 0.3 is 5.97 Å². The molecule has 3 rings (SSSR count). The van der Waals surface area contributed by atoms with Gasteiger partial charge in [-0.2, -0.15) is 0 Å². The number of carbonyl (C=O) groups excluding carboxylic acids is 1. The molecule has 1 saturated carbocycles. The van der Waals surface area contributed by atoms with E-state index in [2.05, 4.69) is 0 Å². The number of hydrogen-bond donors (Lipinski definition) is 0. The fraction of sp³-hybridized carbons (Fsp3) is 0.316. The van der Waals surface area contributed by atoms with Gasteiger partial charge in [-0.3, -0.25) is 0 Å². The summed E-state index contributed by atoms with van der Waals surface area (Å²) in [5.41, 5.74) is 1.54. The number of esters is 1. The minimum absolute atomic E-state index is 0.379. The Hall–Kier alpha value is -2.49. The number of rotatable bonds is 7. The summed E-state index contributed by atoms with van der Waals surface area (Å²) >= 11 is 0. The maximum Gasteiger partial charge on any atom is 0.337 e. The monoisotopic (exact) mass is 312 g/mol. The van der Waals surface area contributed by atoms with Crippen molar-refractivity contribution in [3.05, 3.63) is 59.7 Å². The van der Waals surface area contributed by atoms with Gasteiger partial charge < -0.3 is 14.2 Å². The molecule has 1 aliphatic rings. The van der Waals surface area contributed by atoms with E-state index in [1.807, 2.05) is 30.3 Å². The molecule has 0 atom stereocenters. The highest BCUT2D eigenvalue weighted by Crippen LogP contribution is 2.34. The first-order valence-electron chi connectivity index (χ1n) is 7.78. The van der Waals surface area contributed by atoms with E-state index in [-0.39, 0.29) is 5.97 Å². The Labute approximate surface area is 136 Å². The fourth-order valence-electron chi connectivity index (χ4n) is 2.21. The lowest BCUT2D eigenvalue weighted by molar-refractivity contribution is 0.0600. The summed E-state index contributed by atoms with van der Waals surface area (Å²) in [5.74, 6) is 1.48. The minimum atomic E-state index is -0.379. The quantitative estimate of drug-likeness (QED) is 0.729. The molecular formula is C19H20O4. The van der Waals surface area contributed by atoms with Gasteiger partial charge in [0.15, 0.2) is 11.5 Å². The molecule has 0 aromatic heterocycles. The summed E-state index contributed by atoms with van der Waals surface area (Å²) in [6.45, 7) is 1.12. The third kappa shape index (κ3) is 4.25. The van der Waals surface area contributed by atoms with Crippen molar-refractivity contribution in [1.29, 1.82) is 0 Å². The fourth-order valence-corrected chi connectivity index (χ4v) is 2.21. The second-order valence-electron chi connectivity index (χ2n) is 5.68. The normalized spacial score (nSPS) is 13.4. The third-order valence-electron chi connectivity index (χ3n) is 3.77. The van der Waals surface area contributed by atoms with Crippen LogP contribution in [0, 0.1) is 5.92 Å². The highest BCUT2D eigenvalue weighted by atomic mass is 16.5. The van der Waals surface area contributed by atoms with Gasteiger partial charge in [-0.25, -0.2) is 4.79 Å². The van der Waals surface area contributed by atoms with Gasteiger partial charge in [-0.15, -0.1) is 0 Å². The van der Waals surface area contributed by atoms with Crippen molar-refractivity contribution in [2.75, 3.05) is 13.7 Å². The molecule has 0 unspecified atom stereocenters. The van der Waals surface area contributed by atoms with E-state index in [1.54, 1.807) is 18.2 Å². The zero-order chi connectivity index (χ0) is 16.1. The van der Waals surface area contributed by atoms with Crippen LogP contribution in [0.5, 0.6) is 11.5 Å². The van der Waals surface area contributed by atoms with Crippen LogP contribution in [0.2, 0.25) is 0 Å². The summed E-state index contributed by atoms with van der Waals surface area (Å²) in [6.07, 6.45) is 2.41. The summed E-state index contributed by atoms with van der Waals surface area (Å²) < 4.78 is 16.5. The second-order valence-corrected chi connectivity index (χ2v) is 5.68. The predicted molar refractivity (Wildman–Crippen MR) is 86.8 cm³/mol. The van der Waals surface area contributed by atoms with Crippen LogP contribution in [0.15, 0.2) is 48.5 Å². The molecule has 0 spiro atoms. The van der Waals surface area contributed by atoms with Crippen molar-refractivity contribution >= 4 is 5.97 Å². The number of ether oxygens (including phenoxy) is 3. The summed E-state index contributed by atoms with van der Waals surface area (Å²) in [7, 11) is 1.37. The van der Waals surface area contributed by atoms with Gasteiger partial charge in [-0.05, 0) is 42.5 Å². The highest BCUT2D eigenvalue weighted by molar-refractivity contribution is 5.90. The lowest BCUT2D eigenvalue weighted by Crippen LogP contribution is -2.06. The highest BCUT2D eigenvalue weighted by Gasteiger charge is 2.23. The van der Waals surface area contributed by atoms with E-state index in [0.717, 1.165) is 5.56 Å². The van der Waals surface area contributed by atoms with Crippen LogP contribution in [0.25, 0.3) is 0 Å². The maximum atomic E-state index is 11.7. The average Bonchev–Trinajstić information content (AvgIpc) is 3.43. The first-order valence-corrected chi connectivity index (χ1v) is 7.78. The van der Waals surface area contributed by atoms with Crippen LogP contribution in [-0.2, 0) is 11.3 Å². The Balaban J connectivity index is 1.74. The summed E-state index contributed by atoms with van der Waals surface area (Å²) in [5, 5.41) is 0. The van der Waals surface area contributed by atoms with Crippen molar-refractivity contribution in [2.45, 2.75) is 19.4 Å². The Morgan fingerprint density at radius 2 is 1.83 bits per heavy atom. The first kappa shape index (κ1) is 15.4. The summed E-state index contributed by atoms with van der Waals surface area (Å²) in [4.78, 5) is 11.7. The molecule has 0 N–H and O–H groups in total. The Morgan fingerprint density at radius 1 is 1.04 bits per heavy atom. The predicted octanol–water partition coefficient (Wildman–Crippen LogP) is 3.84. The molecule has 2 aromatic rings. The number of methoxy groups -OCH3 is 1. The molecule has 1 fully saturated rings. The minimum Gasteiger partial charge on any atom is -0.489 e. The molecule has 1 aliphatic carbocycles. The largest absolute Gasteiger partial charge is 0.489 e. The molecule has 0 amide bonds. The Bertz CT molecular complexity index is 662. The van der Waals surface area contributed by atoms with Crippen molar-refractivity contribution in [2.24, 2.45) is 5.92 Å². The standard InChI is InChI=1S/C19H20O4/c1-21-19(20)16-9-10-17(18(11-16)23-13-15-7-8-15)22-12-14-5-3-2-4-6-14/h2-6,9-11,15H,7-8,12-13H2,1H3. The molecule has 23 heavy (non-hydrogen) atoms. The SMILES string of the molecule is COC(=O)c1ccc(OCc2ccccc2)c(OCC2CC2)c1. The van der Waals surface area contributed by atoms with Crippen molar-refractivity contribution in [1.82, 2.24) is 0 Å². The smallest absolute Gasteiger partial charge is 0.337 e. The molecule has 0 bridgehead atoms. The maximum absolute atomic E-state index is 11.7. The number of hydrogen-bond acceptors (Lipinski definition) is 4. The lowest BCUT2D eigenvalue weighted by atomic mass is 10.2. The van der Waals surface area contributed by atoms with E-state index in [1.165, 1.54) is 20.0 Å². The van der Waals surface area contributed by atoms with Crippen LogP contribution in [0.3, 0.4) is 0 Å². The zero-order valence-corrected chi connectivity index (χ0v) is 13.2. The van der Waals surface area contributed by atoms with E-state index >= 15 is 0 Å². The van der Waals surface area contributed by atoms with Crippen molar-refractivity contribution < 1.29 is 19.0 Å². The van der Waals surface area contributed by atoms with Crippen LogP contribution in [0.4, 0.5) is 0 Å². The van der Waals surface area contributed by atoms with Crippen LogP contribution >= 0.6 is 0 Å². The summed E-state index contributed by atoms with van der Waals surface area (Å²) in [6, 6.07) is 15.1. The van der Waals surface area contributed by atoms with E-state index in [0.29, 0.717) is 36.2 Å². The first-order chi connectivity index (χ1) is 11.3. The molecular weight excluding hydrogens is 292 g/mol. The Kier molecular flexibility index (Phi) is 4.81. The molecule has 2 aromatic carbocycles. The van der Waals surface area contributed by atoms with Gasteiger partial charge in [0.1, 0.15) is 6.61 Å². The van der Waals surface area contributed by atoms with E-state index < -0.39 is 0 Å². The van der Waals surface area contributed by atoms with Crippen LogP contribution < -0.4 is 9.47 Å². The van der Waals surface area contributed by atoms with Crippen molar-refractivity contribution in [3.63, 3.8) is 0 Å². The molecule has 0 radical (unpaired) electrons. The molecule has 0 heterocycles. The van der Waals surface area contributed by atoms with Gasteiger partial charge in [0.05, 0.1) is 19.3 Å². The van der Waals surface area contributed by atoms with Gasteiger partial charge in [0, 0.05) is 0 Å². The number of carbonyl (C=O) groups is 1. The van der Waals surface area contributed by atoms with Crippen LogP contribution in [-0.4, -0.2) is 19.7 Å². The lowest BCUT2D eigenvalue weighted by Gasteiger charge is -2.14. The van der Waals surface area contributed by atoms with Gasteiger partial charge in [0.25, 0.3) is 0 Å². The van der Waals surface area contributed by atoms with Crippen LogP contribution in [0.1, 0.15) is 28.8 Å². The van der Waals surface area contributed by atoms with E-state index in [9.17, 15) is 4.79 Å². The molecule has 120 valence electrons. The zero-order valence-electron chi connectivity index (χ0n) is 13.2. The van der Waals surface area contributed by atoms with Crippen molar-refractivity contribution in [3.8, 4) is 11.5 Å². The molecule has 0 saturated heterocycles. The van der Waals surface area contributed by atoms with E-state index in [4.69, 9.17) is 14.2 Å².